The van der Waals surface area contributed by atoms with Gasteiger partial charge >= 0.3 is 0 Å². The molecule has 0 radical (unpaired) electrons. The van der Waals surface area contributed by atoms with E-state index < -0.39 is 63.6 Å². The number of hydrogen-bond acceptors (Lipinski definition) is 11. The van der Waals surface area contributed by atoms with Crippen molar-refractivity contribution in [3.05, 3.63) is 45.4 Å². The van der Waals surface area contributed by atoms with E-state index in [0.717, 1.165) is 0 Å². The number of ketones is 2. The third-order valence-corrected chi connectivity index (χ3v) is 7.90. The number of allylic oxidation sites excluding steroid dienone is 1. The lowest BCUT2D eigenvalue weighted by Gasteiger charge is -2.50. The fourth-order valence-corrected chi connectivity index (χ4v) is 6.22. The first kappa shape index (κ1) is 29.5. The highest BCUT2D eigenvalue weighted by molar-refractivity contribution is 6.24. The number of fused-ring (bicyclic) bond motifs is 3. The lowest BCUT2D eigenvalue weighted by atomic mass is 9.58. The Labute approximate surface area is 232 Å². The van der Waals surface area contributed by atoms with Crippen molar-refractivity contribution in [2.75, 3.05) is 33.1 Å². The minimum Gasteiger partial charge on any atom is -0.510 e. The number of aliphatic hydroxyl groups is 3. The van der Waals surface area contributed by atoms with Crippen LogP contribution in [0.4, 0.5) is 5.69 Å². The Morgan fingerprint density at radius 2 is 1.80 bits per heavy atom. The summed E-state index contributed by atoms with van der Waals surface area (Å²) < 4.78 is 0. The second-order valence-electron chi connectivity index (χ2n) is 12.2. The number of anilines is 1. The van der Waals surface area contributed by atoms with Crippen molar-refractivity contribution in [3.63, 3.8) is 0 Å². The molecular formula is C28H38N4O8. The molecule has 0 bridgehead atoms. The van der Waals surface area contributed by atoms with Crippen molar-refractivity contribution in [2.24, 2.45) is 17.6 Å². The molecule has 1 amide bonds. The maximum absolute atomic E-state index is 14.0. The van der Waals surface area contributed by atoms with Crippen molar-refractivity contribution < 1.29 is 39.6 Å². The quantitative estimate of drug-likeness (QED) is 0.216. The van der Waals surface area contributed by atoms with Crippen LogP contribution in [0, 0.1) is 11.8 Å². The summed E-state index contributed by atoms with van der Waals surface area (Å²) in [6, 6.07) is 0.720. The highest BCUT2D eigenvalue weighted by atomic mass is 16.7. The molecule has 0 aromatic heterocycles. The van der Waals surface area contributed by atoms with E-state index in [-0.39, 0.29) is 36.3 Å². The Balaban J connectivity index is 1.90. The van der Waals surface area contributed by atoms with Gasteiger partial charge in [0.25, 0.3) is 5.91 Å². The topological polar surface area (TPSA) is 186 Å². The van der Waals surface area contributed by atoms with Gasteiger partial charge < -0.3 is 31.1 Å². The average molecular weight is 559 g/mol. The van der Waals surface area contributed by atoms with Crippen LogP contribution in [-0.4, -0.2) is 88.2 Å². The van der Waals surface area contributed by atoms with Crippen LogP contribution >= 0.6 is 0 Å². The van der Waals surface area contributed by atoms with E-state index in [9.17, 15) is 34.8 Å². The van der Waals surface area contributed by atoms with E-state index in [1.54, 1.807) is 34.3 Å². The molecule has 3 aliphatic carbocycles. The second kappa shape index (κ2) is 9.88. The molecule has 0 heterocycles. The molecule has 4 rings (SSSR count). The number of nitrogens with one attached hydrogen (secondary N) is 1. The van der Waals surface area contributed by atoms with Crippen LogP contribution in [0.15, 0.2) is 28.7 Å². The van der Waals surface area contributed by atoms with Gasteiger partial charge in [-0.05, 0) is 65.3 Å². The summed E-state index contributed by atoms with van der Waals surface area (Å²) in [4.78, 5) is 48.5. The number of rotatable bonds is 6. The third-order valence-electron chi connectivity index (χ3n) is 7.90. The van der Waals surface area contributed by atoms with Crippen LogP contribution in [0.3, 0.4) is 0 Å². The number of hydrogen-bond donors (Lipinski definition) is 6. The molecule has 1 aromatic carbocycles. The van der Waals surface area contributed by atoms with Crippen molar-refractivity contribution in [3.8, 4) is 5.75 Å². The minimum atomic E-state index is -2.68. The van der Waals surface area contributed by atoms with Gasteiger partial charge in [-0.15, -0.1) is 0 Å². The molecule has 0 fully saturated rings. The van der Waals surface area contributed by atoms with Crippen LogP contribution in [0.1, 0.15) is 48.7 Å². The number of carbonyl (C=O) groups is 3. The number of aromatic hydroxyl groups is 1. The number of benzene rings is 1. The molecule has 0 aliphatic heterocycles. The first-order valence-electron chi connectivity index (χ1n) is 13.0. The highest BCUT2D eigenvalue weighted by Gasteiger charge is 2.63. The van der Waals surface area contributed by atoms with Crippen LogP contribution in [0.25, 0.3) is 0 Å². The van der Waals surface area contributed by atoms with Crippen LogP contribution in [-0.2, 0) is 27.4 Å². The van der Waals surface area contributed by atoms with E-state index in [4.69, 9.17) is 10.6 Å². The maximum Gasteiger partial charge on any atom is 0.255 e. The number of nitrogens with zero attached hydrogens (tertiary/aromatic N) is 2. The Kier molecular flexibility index (Phi) is 7.29. The molecular weight excluding hydrogens is 520 g/mol. The molecule has 12 heteroatoms. The van der Waals surface area contributed by atoms with Crippen molar-refractivity contribution >= 4 is 23.2 Å². The first-order valence-corrected chi connectivity index (χ1v) is 13.0. The lowest BCUT2D eigenvalue weighted by molar-refractivity contribution is -0.148. The number of carbonyl (C=O) groups excluding carboxylic acids is 3. The number of hydroxylamine groups is 1. The lowest BCUT2D eigenvalue weighted by Crippen LogP contribution is -2.63. The summed E-state index contributed by atoms with van der Waals surface area (Å²) in [7, 11) is 6.79. The first-order chi connectivity index (χ1) is 18.4. The SMILES string of the molecule is CN(C)c1cc(CNOC(C)(C)C)c(O)c2c1C[C@H]1C[C@H]3C(N(C)C)C(O)=C(C(N)=O)C(=O)[C@@]3(O)C(O)=C1C2=O. The molecule has 0 spiro atoms. The molecule has 12 nitrogen and oxygen atoms in total. The fraction of sp³-hybridized carbons (Fsp3) is 0.536. The van der Waals surface area contributed by atoms with Crippen molar-refractivity contribution in [1.29, 1.82) is 0 Å². The zero-order valence-electron chi connectivity index (χ0n) is 23.8. The van der Waals surface area contributed by atoms with Gasteiger partial charge in [-0.3, -0.25) is 24.1 Å². The Bertz CT molecular complexity index is 1360. The second-order valence-corrected chi connectivity index (χ2v) is 12.2. The molecule has 1 aromatic rings. The van der Waals surface area contributed by atoms with E-state index in [0.29, 0.717) is 16.8 Å². The van der Waals surface area contributed by atoms with Crippen LogP contribution < -0.4 is 16.1 Å². The Morgan fingerprint density at radius 1 is 1.18 bits per heavy atom. The number of amides is 1. The number of phenols is 1. The molecule has 40 heavy (non-hydrogen) atoms. The van der Waals surface area contributed by atoms with Gasteiger partial charge in [-0.25, -0.2) is 0 Å². The van der Waals surface area contributed by atoms with E-state index in [2.05, 4.69) is 5.48 Å². The smallest absolute Gasteiger partial charge is 0.255 e. The van der Waals surface area contributed by atoms with Gasteiger partial charge in [0.2, 0.25) is 5.78 Å². The molecule has 0 saturated carbocycles. The number of nitrogens with two attached hydrogens (primary N) is 1. The van der Waals surface area contributed by atoms with Gasteiger partial charge in [-0.1, -0.05) is 0 Å². The molecule has 218 valence electrons. The monoisotopic (exact) mass is 558 g/mol. The standard InChI is InChI=1S/C28H38N4O8/c1-27(2,3)40-30-11-13-10-16(31(4)5)14-8-12-9-15-20(32(6)7)23(35)19(26(29)38)25(37)28(15,39)24(36)17(12)22(34)18(14)21(13)33/h10,12,15,20,30,33,35-36,39H,8-9,11H2,1-7H3,(H2,29,38)/t12-,15-,20?,28-/m0/s1. The van der Waals surface area contributed by atoms with Gasteiger partial charge in [-0.2, -0.15) is 5.48 Å². The van der Waals surface area contributed by atoms with Gasteiger partial charge in [0.05, 0.1) is 17.2 Å². The number of Topliss-reactive ketones (excluding diaryl/α,β-unsaturated/α-hetero) is 2. The molecule has 4 atom stereocenters. The maximum atomic E-state index is 14.0. The molecule has 7 N–H and O–H groups in total. The summed E-state index contributed by atoms with van der Waals surface area (Å²) in [5.41, 5.74) is 5.53. The Morgan fingerprint density at radius 3 is 2.33 bits per heavy atom. The van der Waals surface area contributed by atoms with E-state index in [1.165, 1.54) is 4.90 Å². The summed E-state index contributed by atoms with van der Waals surface area (Å²) in [6.45, 7) is 5.62. The van der Waals surface area contributed by atoms with Crippen molar-refractivity contribution in [1.82, 2.24) is 10.4 Å². The summed E-state index contributed by atoms with van der Waals surface area (Å²) in [5, 5.41) is 45.4. The summed E-state index contributed by atoms with van der Waals surface area (Å²) >= 11 is 0. The number of aliphatic hydroxyl groups excluding tert-OH is 2. The van der Waals surface area contributed by atoms with Crippen molar-refractivity contribution in [2.45, 2.75) is 57.4 Å². The average Bonchev–Trinajstić information content (AvgIpc) is 2.81. The minimum absolute atomic E-state index is 0.0299. The number of likely N-dealkylation sites (N-methyl/N-ethyl adjacent to an activating group) is 1. The van der Waals surface area contributed by atoms with E-state index >= 15 is 0 Å². The Hall–Kier alpha value is -3.45. The summed E-state index contributed by atoms with van der Waals surface area (Å²) in [6.07, 6.45) is 0.240. The zero-order valence-corrected chi connectivity index (χ0v) is 23.8. The molecule has 0 saturated heterocycles. The summed E-state index contributed by atoms with van der Waals surface area (Å²) in [5.74, 6) is -6.77. The molecule has 3 aliphatic rings. The predicted octanol–water partition coefficient (Wildman–Crippen LogP) is 1.01. The van der Waals surface area contributed by atoms with Crippen LogP contribution in [0.2, 0.25) is 0 Å². The van der Waals surface area contributed by atoms with Gasteiger partial charge in [0.15, 0.2) is 11.4 Å². The highest BCUT2D eigenvalue weighted by Crippen LogP contribution is 2.53. The fourth-order valence-electron chi connectivity index (χ4n) is 6.22. The predicted molar refractivity (Wildman–Crippen MR) is 146 cm³/mol. The third kappa shape index (κ3) is 4.44. The largest absolute Gasteiger partial charge is 0.510 e. The normalized spacial score (nSPS) is 26.6. The molecule has 1 unspecified atom stereocenters. The zero-order chi connectivity index (χ0) is 30.1. The number of primary amides is 1. The van der Waals surface area contributed by atoms with Crippen LogP contribution in [0.5, 0.6) is 5.75 Å². The van der Waals surface area contributed by atoms with Gasteiger partial charge in [0, 0.05) is 43.4 Å². The van der Waals surface area contributed by atoms with E-state index in [1.807, 2.05) is 25.7 Å². The number of phenolic OH excluding ortho intramolecular Hbond substituents is 1. The van der Waals surface area contributed by atoms with Gasteiger partial charge in [0.1, 0.15) is 22.8 Å².